The molecular weight excluding hydrogens is 256 g/mol. The summed E-state index contributed by atoms with van der Waals surface area (Å²) < 4.78 is 28.1. The first-order chi connectivity index (χ1) is 9.08. The molecule has 1 heterocycles. The van der Waals surface area contributed by atoms with Gasteiger partial charge in [0.25, 0.3) is 0 Å². The monoisotopic (exact) mass is 265 g/mol. The molecule has 0 spiro atoms. The average Bonchev–Trinajstić information content (AvgIpc) is 2.41. The highest BCUT2D eigenvalue weighted by Crippen LogP contribution is 2.29. The second kappa shape index (κ2) is 5.43. The maximum absolute atomic E-state index is 12.0. The molecule has 0 atom stereocenters. The van der Waals surface area contributed by atoms with Crippen LogP contribution in [-0.2, 0) is 0 Å². The van der Waals surface area contributed by atoms with E-state index in [0.717, 1.165) is 12.1 Å². The summed E-state index contributed by atoms with van der Waals surface area (Å²) in [5, 5.41) is 9.51. The fourth-order valence-corrected chi connectivity index (χ4v) is 1.52. The van der Waals surface area contributed by atoms with Crippen molar-refractivity contribution in [2.45, 2.75) is 6.61 Å². The van der Waals surface area contributed by atoms with Gasteiger partial charge in [-0.1, -0.05) is 0 Å². The van der Waals surface area contributed by atoms with Crippen molar-refractivity contribution in [3.8, 4) is 11.5 Å². The fraction of sp³-hybridized carbons (Fsp3) is 0.0769. The number of carbonyl (C=O) groups excluding carboxylic acids is 1. The molecule has 1 N–H and O–H groups in total. The third-order valence-corrected chi connectivity index (χ3v) is 2.38. The number of aromatic hydroxyl groups is 1. The van der Waals surface area contributed by atoms with Gasteiger partial charge in [0.1, 0.15) is 0 Å². The highest BCUT2D eigenvalue weighted by Gasteiger charge is 2.14. The van der Waals surface area contributed by atoms with Gasteiger partial charge in [-0.3, -0.25) is 9.78 Å². The van der Waals surface area contributed by atoms with E-state index in [1.54, 1.807) is 0 Å². The Morgan fingerprint density at radius 1 is 1.16 bits per heavy atom. The number of aromatic nitrogens is 1. The van der Waals surface area contributed by atoms with Crippen LogP contribution in [0.5, 0.6) is 11.5 Å². The number of ketones is 1. The summed E-state index contributed by atoms with van der Waals surface area (Å²) in [5.41, 5.74) is 0.558. The number of phenols is 1. The molecule has 19 heavy (non-hydrogen) atoms. The van der Waals surface area contributed by atoms with E-state index in [1.165, 1.54) is 30.6 Å². The zero-order chi connectivity index (χ0) is 13.8. The predicted molar refractivity (Wildman–Crippen MR) is 62.4 cm³/mol. The van der Waals surface area contributed by atoms with Gasteiger partial charge in [0.2, 0.25) is 0 Å². The minimum Gasteiger partial charge on any atom is -0.504 e. The van der Waals surface area contributed by atoms with E-state index in [1.807, 2.05) is 0 Å². The first-order valence-corrected chi connectivity index (χ1v) is 5.30. The molecule has 4 nitrogen and oxygen atoms in total. The standard InChI is InChI=1S/C13H9F2NO3/c14-13(15)19-11-2-1-9(7-10(11)17)12(18)8-3-5-16-6-4-8/h1-7,13,17H. The Morgan fingerprint density at radius 2 is 1.84 bits per heavy atom. The van der Waals surface area contributed by atoms with E-state index in [4.69, 9.17) is 0 Å². The zero-order valence-corrected chi connectivity index (χ0v) is 9.59. The number of ether oxygens (including phenoxy) is 1. The molecule has 2 aromatic rings. The number of benzene rings is 1. The van der Waals surface area contributed by atoms with Crippen molar-refractivity contribution >= 4 is 5.78 Å². The van der Waals surface area contributed by atoms with Gasteiger partial charge in [-0.05, 0) is 30.3 Å². The Balaban J connectivity index is 2.27. The summed E-state index contributed by atoms with van der Waals surface area (Å²) in [6, 6.07) is 6.54. The molecule has 0 aliphatic heterocycles. The van der Waals surface area contributed by atoms with E-state index < -0.39 is 12.4 Å². The Labute approximate surface area is 107 Å². The molecule has 0 aliphatic carbocycles. The molecule has 1 aromatic carbocycles. The van der Waals surface area contributed by atoms with Crippen LogP contribution in [0, 0.1) is 0 Å². The summed E-state index contributed by atoms with van der Waals surface area (Å²) in [6.45, 7) is -3.03. The number of halogens is 2. The van der Waals surface area contributed by atoms with Gasteiger partial charge in [-0.25, -0.2) is 0 Å². The lowest BCUT2D eigenvalue weighted by atomic mass is 10.0. The Hall–Kier alpha value is -2.50. The van der Waals surface area contributed by atoms with Gasteiger partial charge in [0.05, 0.1) is 0 Å². The number of rotatable bonds is 4. The summed E-state index contributed by atoms with van der Waals surface area (Å²) >= 11 is 0. The van der Waals surface area contributed by atoms with Gasteiger partial charge in [0.15, 0.2) is 17.3 Å². The molecule has 0 unspecified atom stereocenters. The highest BCUT2D eigenvalue weighted by molar-refractivity contribution is 6.09. The highest BCUT2D eigenvalue weighted by atomic mass is 19.3. The van der Waals surface area contributed by atoms with Crippen molar-refractivity contribution in [2.24, 2.45) is 0 Å². The first-order valence-electron chi connectivity index (χ1n) is 5.30. The quantitative estimate of drug-likeness (QED) is 0.863. The summed E-state index contributed by atoms with van der Waals surface area (Å²) in [6.07, 6.45) is 2.92. The maximum Gasteiger partial charge on any atom is 0.387 e. The lowest BCUT2D eigenvalue weighted by Gasteiger charge is -2.08. The van der Waals surface area contributed by atoms with Crippen LogP contribution in [0.4, 0.5) is 8.78 Å². The summed E-state index contributed by atoms with van der Waals surface area (Å²) in [7, 11) is 0. The van der Waals surface area contributed by atoms with Crippen LogP contribution in [0.25, 0.3) is 0 Å². The summed E-state index contributed by atoms with van der Waals surface area (Å²) in [5.74, 6) is -1.23. The van der Waals surface area contributed by atoms with E-state index in [-0.39, 0.29) is 17.1 Å². The topological polar surface area (TPSA) is 59.4 Å². The molecule has 0 saturated carbocycles. The number of hydrogen-bond acceptors (Lipinski definition) is 4. The number of alkyl halides is 2. The van der Waals surface area contributed by atoms with Crippen molar-refractivity contribution in [3.63, 3.8) is 0 Å². The number of nitrogens with zero attached hydrogens (tertiary/aromatic N) is 1. The van der Waals surface area contributed by atoms with Crippen LogP contribution in [0.2, 0.25) is 0 Å². The third kappa shape index (κ3) is 3.04. The largest absolute Gasteiger partial charge is 0.504 e. The molecule has 0 aliphatic rings. The van der Waals surface area contributed by atoms with Gasteiger partial charge >= 0.3 is 6.61 Å². The van der Waals surface area contributed by atoms with Crippen molar-refractivity contribution in [1.29, 1.82) is 0 Å². The SMILES string of the molecule is O=C(c1ccncc1)c1ccc(OC(F)F)c(O)c1. The van der Waals surface area contributed by atoms with E-state index in [9.17, 15) is 18.7 Å². The minimum absolute atomic E-state index is 0.172. The summed E-state index contributed by atoms with van der Waals surface area (Å²) in [4.78, 5) is 15.8. The lowest BCUT2D eigenvalue weighted by molar-refractivity contribution is -0.0512. The normalized spacial score (nSPS) is 10.5. The second-order valence-electron chi connectivity index (χ2n) is 3.63. The van der Waals surface area contributed by atoms with Crippen LogP contribution in [-0.4, -0.2) is 22.5 Å². The maximum atomic E-state index is 12.0. The van der Waals surface area contributed by atoms with Crippen molar-refractivity contribution in [2.75, 3.05) is 0 Å². The molecule has 0 radical (unpaired) electrons. The molecule has 1 aromatic heterocycles. The van der Waals surface area contributed by atoms with E-state index >= 15 is 0 Å². The van der Waals surface area contributed by atoms with Crippen LogP contribution >= 0.6 is 0 Å². The third-order valence-electron chi connectivity index (χ3n) is 2.38. The Morgan fingerprint density at radius 3 is 2.42 bits per heavy atom. The molecule has 0 bridgehead atoms. The van der Waals surface area contributed by atoms with E-state index in [2.05, 4.69) is 9.72 Å². The van der Waals surface area contributed by atoms with Gasteiger partial charge < -0.3 is 9.84 Å². The number of phenolic OH excluding ortho intramolecular Hbond substituents is 1. The molecule has 98 valence electrons. The lowest BCUT2D eigenvalue weighted by Crippen LogP contribution is -2.04. The molecule has 0 saturated heterocycles. The molecule has 6 heteroatoms. The number of carbonyl (C=O) groups is 1. The Kier molecular flexibility index (Phi) is 3.70. The fourth-order valence-electron chi connectivity index (χ4n) is 1.52. The molecular formula is C13H9F2NO3. The first kappa shape index (κ1) is 12.9. The smallest absolute Gasteiger partial charge is 0.387 e. The molecule has 0 fully saturated rings. The van der Waals surface area contributed by atoms with Crippen molar-refractivity contribution < 1.29 is 23.4 Å². The number of pyridine rings is 1. The van der Waals surface area contributed by atoms with Gasteiger partial charge in [0, 0.05) is 23.5 Å². The van der Waals surface area contributed by atoms with Crippen LogP contribution in [0.1, 0.15) is 15.9 Å². The van der Waals surface area contributed by atoms with Crippen LogP contribution < -0.4 is 4.74 Å². The van der Waals surface area contributed by atoms with Crippen LogP contribution in [0.3, 0.4) is 0 Å². The average molecular weight is 265 g/mol. The zero-order valence-electron chi connectivity index (χ0n) is 9.59. The van der Waals surface area contributed by atoms with Gasteiger partial charge in [-0.15, -0.1) is 0 Å². The van der Waals surface area contributed by atoms with E-state index in [0.29, 0.717) is 5.56 Å². The number of hydrogen-bond donors (Lipinski definition) is 1. The van der Waals surface area contributed by atoms with Crippen molar-refractivity contribution in [1.82, 2.24) is 4.98 Å². The second-order valence-corrected chi connectivity index (χ2v) is 3.63. The van der Waals surface area contributed by atoms with Crippen LogP contribution in [0.15, 0.2) is 42.7 Å². The molecule has 0 amide bonds. The minimum atomic E-state index is -3.03. The predicted octanol–water partition coefficient (Wildman–Crippen LogP) is 2.62. The van der Waals surface area contributed by atoms with Crippen molar-refractivity contribution in [3.05, 3.63) is 53.9 Å². The van der Waals surface area contributed by atoms with Gasteiger partial charge in [-0.2, -0.15) is 8.78 Å². The molecule has 2 rings (SSSR count). The Bertz CT molecular complexity index is 588.